The number of nitrogens with zero attached hydrogens (tertiary/aromatic N) is 6. The molecule has 0 aromatic carbocycles. The van der Waals surface area contributed by atoms with Crippen LogP contribution in [-0.4, -0.2) is 49.8 Å². The maximum Gasteiger partial charge on any atom is 0.231 e. The number of anilines is 2. The van der Waals surface area contributed by atoms with Crippen LogP contribution in [0.2, 0.25) is 5.28 Å². The Bertz CT molecular complexity index is 525. The summed E-state index contributed by atoms with van der Waals surface area (Å²) < 4.78 is 0. The predicted octanol–water partition coefficient (Wildman–Crippen LogP) is 1.14. The molecule has 0 aliphatic carbocycles. The van der Waals surface area contributed by atoms with Gasteiger partial charge in [-0.05, 0) is 25.4 Å². The topological polar surface area (TPSA) is 95.5 Å². The van der Waals surface area contributed by atoms with Crippen LogP contribution < -0.4 is 10.2 Å². The highest BCUT2D eigenvalue weighted by molar-refractivity contribution is 6.28. The lowest BCUT2D eigenvalue weighted by atomic mass is 10.4. The largest absolute Gasteiger partial charge is 0.354 e. The van der Waals surface area contributed by atoms with E-state index >= 15 is 0 Å². The first-order valence-corrected chi connectivity index (χ1v) is 6.85. The fourth-order valence-corrected chi connectivity index (χ4v) is 1.87. The lowest BCUT2D eigenvalue weighted by Crippen LogP contribution is -2.25. The molecule has 9 heteroatoms. The molecule has 2 aromatic rings. The van der Waals surface area contributed by atoms with Crippen molar-refractivity contribution in [3.8, 4) is 0 Å². The zero-order valence-electron chi connectivity index (χ0n) is 11.5. The predicted molar refractivity (Wildman–Crippen MR) is 77.0 cm³/mol. The summed E-state index contributed by atoms with van der Waals surface area (Å²) in [6.07, 6.45) is 2.18. The second kappa shape index (κ2) is 6.99. The van der Waals surface area contributed by atoms with E-state index in [1.807, 2.05) is 18.7 Å². The first-order chi connectivity index (χ1) is 9.72. The standard InChI is InChI=1S/C11H17ClN8/c1-3-20(4-2)11-17-9(12)16-10(18-11)13-6-5-8-14-7-15-19-8/h7H,3-6H2,1-2H3,(H,14,15,19)(H,13,16,17,18). The van der Waals surface area contributed by atoms with Crippen LogP contribution >= 0.6 is 11.6 Å². The summed E-state index contributed by atoms with van der Waals surface area (Å²) in [5, 5.41) is 9.87. The van der Waals surface area contributed by atoms with Crippen molar-refractivity contribution in [1.29, 1.82) is 0 Å². The quantitative estimate of drug-likeness (QED) is 0.791. The van der Waals surface area contributed by atoms with E-state index in [2.05, 4.69) is 35.5 Å². The number of aromatic amines is 1. The molecule has 0 atom stereocenters. The van der Waals surface area contributed by atoms with Gasteiger partial charge in [0.15, 0.2) is 0 Å². The van der Waals surface area contributed by atoms with Crippen molar-refractivity contribution in [3.63, 3.8) is 0 Å². The van der Waals surface area contributed by atoms with Gasteiger partial charge in [0.25, 0.3) is 0 Å². The number of halogens is 1. The van der Waals surface area contributed by atoms with Crippen LogP contribution in [0.15, 0.2) is 6.33 Å². The van der Waals surface area contributed by atoms with Crippen LogP contribution in [-0.2, 0) is 6.42 Å². The highest BCUT2D eigenvalue weighted by Crippen LogP contribution is 2.13. The molecule has 0 spiro atoms. The summed E-state index contributed by atoms with van der Waals surface area (Å²) >= 11 is 5.93. The molecule has 0 unspecified atom stereocenters. The fourth-order valence-electron chi connectivity index (χ4n) is 1.71. The molecule has 2 rings (SSSR count). The number of aromatic nitrogens is 6. The molecule has 108 valence electrons. The summed E-state index contributed by atoms with van der Waals surface area (Å²) in [5.41, 5.74) is 0. The van der Waals surface area contributed by atoms with Crippen molar-refractivity contribution in [2.75, 3.05) is 29.9 Å². The van der Waals surface area contributed by atoms with Crippen molar-refractivity contribution in [1.82, 2.24) is 30.1 Å². The second-order valence-electron chi connectivity index (χ2n) is 4.01. The Morgan fingerprint density at radius 3 is 2.70 bits per heavy atom. The molecular weight excluding hydrogens is 280 g/mol. The first-order valence-electron chi connectivity index (χ1n) is 6.47. The molecule has 20 heavy (non-hydrogen) atoms. The second-order valence-corrected chi connectivity index (χ2v) is 4.35. The van der Waals surface area contributed by atoms with Gasteiger partial charge in [-0.25, -0.2) is 4.98 Å². The molecule has 0 radical (unpaired) electrons. The molecule has 0 aliphatic rings. The van der Waals surface area contributed by atoms with Crippen molar-refractivity contribution in [3.05, 3.63) is 17.4 Å². The van der Waals surface area contributed by atoms with Crippen LogP contribution in [0.4, 0.5) is 11.9 Å². The van der Waals surface area contributed by atoms with Crippen molar-refractivity contribution in [2.24, 2.45) is 0 Å². The van der Waals surface area contributed by atoms with E-state index in [0.717, 1.165) is 18.9 Å². The minimum absolute atomic E-state index is 0.184. The Hall–Kier alpha value is -1.96. The molecule has 8 nitrogen and oxygen atoms in total. The number of rotatable bonds is 7. The average Bonchev–Trinajstić information content (AvgIpc) is 2.93. The van der Waals surface area contributed by atoms with Gasteiger partial charge in [0, 0.05) is 26.1 Å². The molecule has 0 saturated carbocycles. The lowest BCUT2D eigenvalue weighted by molar-refractivity contribution is 0.809. The van der Waals surface area contributed by atoms with Gasteiger partial charge in [-0.2, -0.15) is 20.1 Å². The molecule has 0 amide bonds. The molecule has 0 bridgehead atoms. The Kier molecular flexibility index (Phi) is 5.05. The average molecular weight is 297 g/mol. The van der Waals surface area contributed by atoms with Gasteiger partial charge >= 0.3 is 0 Å². The Morgan fingerprint density at radius 1 is 1.25 bits per heavy atom. The maximum absolute atomic E-state index is 5.93. The van der Waals surface area contributed by atoms with E-state index in [4.69, 9.17) is 11.6 Å². The first kappa shape index (κ1) is 14.4. The zero-order chi connectivity index (χ0) is 14.4. The molecule has 0 saturated heterocycles. The molecular formula is C11H17ClN8. The van der Waals surface area contributed by atoms with Gasteiger partial charge in [0.05, 0.1) is 0 Å². The third-order valence-corrected chi connectivity index (χ3v) is 2.92. The van der Waals surface area contributed by atoms with E-state index in [1.54, 1.807) is 0 Å². The van der Waals surface area contributed by atoms with Gasteiger partial charge in [0.2, 0.25) is 17.2 Å². The monoisotopic (exact) mass is 296 g/mol. The van der Waals surface area contributed by atoms with Crippen molar-refractivity contribution >= 4 is 23.5 Å². The minimum atomic E-state index is 0.184. The van der Waals surface area contributed by atoms with Gasteiger partial charge in [-0.1, -0.05) is 0 Å². The highest BCUT2D eigenvalue weighted by Gasteiger charge is 2.09. The van der Waals surface area contributed by atoms with E-state index in [-0.39, 0.29) is 5.28 Å². The Morgan fingerprint density at radius 2 is 2.05 bits per heavy atom. The summed E-state index contributed by atoms with van der Waals surface area (Å²) in [6, 6.07) is 0. The Labute approximate surface area is 122 Å². The summed E-state index contributed by atoms with van der Waals surface area (Å²) in [5.74, 6) is 1.85. The summed E-state index contributed by atoms with van der Waals surface area (Å²) in [6.45, 7) is 6.34. The van der Waals surface area contributed by atoms with E-state index in [1.165, 1.54) is 6.33 Å². The smallest absolute Gasteiger partial charge is 0.231 e. The maximum atomic E-state index is 5.93. The molecule has 0 fully saturated rings. The molecule has 2 N–H and O–H groups in total. The van der Waals surface area contributed by atoms with Crippen LogP contribution in [0.25, 0.3) is 0 Å². The van der Waals surface area contributed by atoms with Gasteiger partial charge in [-0.3, -0.25) is 5.10 Å². The highest BCUT2D eigenvalue weighted by atomic mass is 35.5. The molecule has 2 heterocycles. The van der Waals surface area contributed by atoms with E-state index < -0.39 is 0 Å². The van der Waals surface area contributed by atoms with Crippen molar-refractivity contribution in [2.45, 2.75) is 20.3 Å². The van der Waals surface area contributed by atoms with Gasteiger partial charge in [-0.15, -0.1) is 0 Å². The van der Waals surface area contributed by atoms with E-state index in [0.29, 0.717) is 24.9 Å². The van der Waals surface area contributed by atoms with Crippen LogP contribution in [0.3, 0.4) is 0 Å². The summed E-state index contributed by atoms with van der Waals surface area (Å²) in [4.78, 5) is 18.6. The third-order valence-electron chi connectivity index (χ3n) is 2.75. The number of nitrogens with one attached hydrogen (secondary N) is 2. The SMILES string of the molecule is CCN(CC)c1nc(Cl)nc(NCCc2ncn[nH]2)n1. The van der Waals surface area contributed by atoms with Crippen LogP contribution in [0, 0.1) is 0 Å². The number of hydrogen-bond donors (Lipinski definition) is 2. The van der Waals surface area contributed by atoms with Crippen LogP contribution in [0.5, 0.6) is 0 Å². The summed E-state index contributed by atoms with van der Waals surface area (Å²) in [7, 11) is 0. The Balaban J connectivity index is 2.00. The minimum Gasteiger partial charge on any atom is -0.354 e. The fraction of sp³-hybridized carbons (Fsp3) is 0.545. The number of H-pyrrole nitrogens is 1. The zero-order valence-corrected chi connectivity index (χ0v) is 12.2. The number of hydrogen-bond acceptors (Lipinski definition) is 7. The third kappa shape index (κ3) is 3.77. The van der Waals surface area contributed by atoms with Gasteiger partial charge < -0.3 is 10.2 Å². The lowest BCUT2D eigenvalue weighted by Gasteiger charge is -2.18. The van der Waals surface area contributed by atoms with Gasteiger partial charge in [0.1, 0.15) is 12.2 Å². The molecule has 0 aliphatic heterocycles. The van der Waals surface area contributed by atoms with Crippen LogP contribution in [0.1, 0.15) is 19.7 Å². The van der Waals surface area contributed by atoms with E-state index in [9.17, 15) is 0 Å². The normalized spacial score (nSPS) is 10.6. The van der Waals surface area contributed by atoms with Crippen molar-refractivity contribution < 1.29 is 0 Å². The molecule has 2 aromatic heterocycles.